The molecular weight excluding hydrogens is 300 g/mol. The molecule has 1 heterocycles. The zero-order valence-electron chi connectivity index (χ0n) is 13.3. The van der Waals surface area contributed by atoms with Crippen LogP contribution in [0.4, 0.5) is 0 Å². The van der Waals surface area contributed by atoms with Crippen LogP contribution in [0.3, 0.4) is 0 Å². The minimum Gasteiger partial charge on any atom is -0.467 e. The van der Waals surface area contributed by atoms with Gasteiger partial charge in [0.2, 0.25) is 5.91 Å². The number of carbonyl (C=O) groups excluding carboxylic acids is 1. The Bertz CT molecular complexity index is 700. The second-order valence-electron chi connectivity index (χ2n) is 5.49. The monoisotopic (exact) mass is 320 g/mol. The van der Waals surface area contributed by atoms with Gasteiger partial charge >= 0.3 is 0 Å². The van der Waals surface area contributed by atoms with Crippen molar-refractivity contribution in [3.8, 4) is 0 Å². The van der Waals surface area contributed by atoms with E-state index >= 15 is 0 Å². The van der Waals surface area contributed by atoms with Gasteiger partial charge in [0.15, 0.2) is 0 Å². The maximum absolute atomic E-state index is 12.1. The maximum atomic E-state index is 12.1. The van der Waals surface area contributed by atoms with E-state index in [1.54, 1.807) is 12.3 Å². The summed E-state index contributed by atoms with van der Waals surface area (Å²) in [5.74, 6) is 0.675. The largest absolute Gasteiger partial charge is 0.467 e. The fourth-order valence-corrected chi connectivity index (χ4v) is 2.58. The number of benzene rings is 2. The molecular formula is C20H20N2O2. The molecule has 3 rings (SSSR count). The molecule has 1 aromatic heterocycles. The molecule has 0 unspecified atom stereocenters. The van der Waals surface area contributed by atoms with Crippen molar-refractivity contribution in [1.29, 1.82) is 0 Å². The molecule has 0 aliphatic heterocycles. The summed E-state index contributed by atoms with van der Waals surface area (Å²) in [4.78, 5) is 12.1. The van der Waals surface area contributed by atoms with Crippen molar-refractivity contribution in [3.05, 3.63) is 95.9 Å². The van der Waals surface area contributed by atoms with Crippen LogP contribution in [0.2, 0.25) is 0 Å². The lowest BCUT2D eigenvalue weighted by atomic mass is 9.99. The van der Waals surface area contributed by atoms with Crippen LogP contribution in [0.15, 0.2) is 83.5 Å². The third kappa shape index (κ3) is 4.33. The van der Waals surface area contributed by atoms with Crippen LogP contribution in [0, 0.1) is 0 Å². The number of rotatable bonds is 7. The van der Waals surface area contributed by atoms with Crippen molar-refractivity contribution >= 4 is 5.91 Å². The summed E-state index contributed by atoms with van der Waals surface area (Å²) in [5, 5.41) is 6.19. The molecule has 0 radical (unpaired) electrons. The normalized spacial score (nSPS) is 10.7. The third-order valence-electron chi connectivity index (χ3n) is 3.77. The van der Waals surface area contributed by atoms with Gasteiger partial charge in [-0.1, -0.05) is 60.7 Å². The maximum Gasteiger partial charge on any atom is 0.234 e. The number of hydrogen-bond donors (Lipinski definition) is 2. The summed E-state index contributed by atoms with van der Waals surface area (Å²) in [6.45, 7) is 0.629. The number of carbonyl (C=O) groups is 1. The van der Waals surface area contributed by atoms with Crippen LogP contribution in [0.1, 0.15) is 22.9 Å². The van der Waals surface area contributed by atoms with Crippen LogP contribution < -0.4 is 10.6 Å². The first-order chi connectivity index (χ1) is 11.8. The van der Waals surface area contributed by atoms with Crippen molar-refractivity contribution in [2.24, 2.45) is 0 Å². The molecule has 0 aliphatic carbocycles. The van der Waals surface area contributed by atoms with E-state index in [2.05, 4.69) is 34.9 Å². The molecule has 2 aromatic carbocycles. The molecule has 122 valence electrons. The highest BCUT2D eigenvalue weighted by atomic mass is 16.3. The van der Waals surface area contributed by atoms with E-state index < -0.39 is 0 Å². The van der Waals surface area contributed by atoms with Crippen LogP contribution in [0.25, 0.3) is 0 Å². The Morgan fingerprint density at radius 3 is 2.04 bits per heavy atom. The van der Waals surface area contributed by atoms with Gasteiger partial charge < -0.3 is 9.73 Å². The molecule has 3 aromatic rings. The average Bonchev–Trinajstić information content (AvgIpc) is 3.16. The molecule has 0 bridgehead atoms. The first kappa shape index (κ1) is 16.0. The molecule has 0 fully saturated rings. The summed E-state index contributed by atoms with van der Waals surface area (Å²) in [6.07, 6.45) is 1.60. The zero-order chi connectivity index (χ0) is 16.6. The van der Waals surface area contributed by atoms with Crippen molar-refractivity contribution in [1.82, 2.24) is 10.6 Å². The van der Waals surface area contributed by atoms with E-state index in [9.17, 15) is 4.79 Å². The fourth-order valence-electron chi connectivity index (χ4n) is 2.58. The molecule has 0 spiro atoms. The van der Waals surface area contributed by atoms with Gasteiger partial charge in [0.05, 0.1) is 25.4 Å². The van der Waals surface area contributed by atoms with E-state index in [0.717, 1.165) is 16.9 Å². The Morgan fingerprint density at radius 1 is 0.875 bits per heavy atom. The van der Waals surface area contributed by atoms with Crippen LogP contribution in [-0.4, -0.2) is 12.5 Å². The summed E-state index contributed by atoms with van der Waals surface area (Å²) >= 11 is 0. The first-order valence-corrected chi connectivity index (χ1v) is 7.95. The number of furan rings is 1. The summed E-state index contributed by atoms with van der Waals surface area (Å²) in [5.41, 5.74) is 2.25. The van der Waals surface area contributed by atoms with Gasteiger partial charge in [-0.3, -0.25) is 10.1 Å². The second-order valence-corrected chi connectivity index (χ2v) is 5.49. The van der Waals surface area contributed by atoms with E-state index in [1.807, 2.05) is 42.5 Å². The molecule has 24 heavy (non-hydrogen) atoms. The number of amides is 1. The Hall–Kier alpha value is -2.85. The number of hydrogen-bond acceptors (Lipinski definition) is 3. The van der Waals surface area contributed by atoms with Crippen molar-refractivity contribution in [2.75, 3.05) is 6.54 Å². The van der Waals surface area contributed by atoms with Crippen LogP contribution in [-0.2, 0) is 11.3 Å². The second kappa shape index (κ2) is 8.13. The minimum atomic E-state index is -0.0664. The highest BCUT2D eigenvalue weighted by Gasteiger charge is 2.14. The van der Waals surface area contributed by atoms with E-state index in [-0.39, 0.29) is 18.5 Å². The molecule has 4 heteroatoms. The Labute approximate surface area is 141 Å². The molecule has 0 saturated carbocycles. The molecule has 2 N–H and O–H groups in total. The van der Waals surface area contributed by atoms with Gasteiger partial charge in [-0.25, -0.2) is 0 Å². The Balaban J connectivity index is 1.63. The van der Waals surface area contributed by atoms with Crippen molar-refractivity contribution in [3.63, 3.8) is 0 Å². The summed E-state index contributed by atoms with van der Waals surface area (Å²) in [6, 6.07) is 23.9. The molecule has 0 aliphatic rings. The molecule has 1 amide bonds. The summed E-state index contributed by atoms with van der Waals surface area (Å²) in [7, 11) is 0. The predicted octanol–water partition coefficient (Wildman–Crippen LogP) is 3.28. The highest BCUT2D eigenvalue weighted by molar-refractivity contribution is 5.78. The van der Waals surface area contributed by atoms with E-state index in [0.29, 0.717) is 6.54 Å². The smallest absolute Gasteiger partial charge is 0.234 e. The van der Waals surface area contributed by atoms with Gasteiger partial charge in [-0.2, -0.15) is 0 Å². The van der Waals surface area contributed by atoms with Crippen LogP contribution >= 0.6 is 0 Å². The van der Waals surface area contributed by atoms with Gasteiger partial charge in [0.25, 0.3) is 0 Å². The molecule has 0 saturated heterocycles. The van der Waals surface area contributed by atoms with Gasteiger partial charge in [0.1, 0.15) is 5.76 Å². The van der Waals surface area contributed by atoms with E-state index in [1.165, 1.54) is 0 Å². The summed E-state index contributed by atoms with van der Waals surface area (Å²) < 4.78 is 5.21. The standard InChI is InChI=1S/C20H20N2O2/c23-19(21-14-18-12-7-13-24-18)15-22-20(16-8-3-1-4-9-16)17-10-5-2-6-11-17/h1-13,20,22H,14-15H2,(H,21,23). The topological polar surface area (TPSA) is 54.3 Å². The minimum absolute atomic E-state index is 0.0261. The Kier molecular flexibility index (Phi) is 5.43. The number of nitrogens with one attached hydrogen (secondary N) is 2. The quantitative estimate of drug-likeness (QED) is 0.702. The average molecular weight is 320 g/mol. The fraction of sp³-hybridized carbons (Fsp3) is 0.150. The van der Waals surface area contributed by atoms with Gasteiger partial charge in [0, 0.05) is 0 Å². The van der Waals surface area contributed by atoms with Gasteiger partial charge in [-0.05, 0) is 23.3 Å². The molecule has 0 atom stereocenters. The highest BCUT2D eigenvalue weighted by Crippen LogP contribution is 2.21. The molecule has 4 nitrogen and oxygen atoms in total. The van der Waals surface area contributed by atoms with Crippen LogP contribution in [0.5, 0.6) is 0 Å². The lowest BCUT2D eigenvalue weighted by molar-refractivity contribution is -0.120. The zero-order valence-corrected chi connectivity index (χ0v) is 13.3. The van der Waals surface area contributed by atoms with Gasteiger partial charge in [-0.15, -0.1) is 0 Å². The predicted molar refractivity (Wildman–Crippen MR) is 93.3 cm³/mol. The lowest BCUT2D eigenvalue weighted by Crippen LogP contribution is -2.35. The third-order valence-corrected chi connectivity index (χ3v) is 3.77. The lowest BCUT2D eigenvalue weighted by Gasteiger charge is -2.19. The SMILES string of the molecule is O=C(CNC(c1ccccc1)c1ccccc1)NCc1ccco1. The van der Waals surface area contributed by atoms with E-state index in [4.69, 9.17) is 4.42 Å². The first-order valence-electron chi connectivity index (χ1n) is 7.95. The van der Waals surface area contributed by atoms with Crippen molar-refractivity contribution < 1.29 is 9.21 Å². The van der Waals surface area contributed by atoms with Crippen molar-refractivity contribution in [2.45, 2.75) is 12.6 Å². The Morgan fingerprint density at radius 2 is 1.50 bits per heavy atom.